The second-order valence-corrected chi connectivity index (χ2v) is 12.9. The van der Waals surface area contributed by atoms with Crippen LogP contribution < -0.4 is 0 Å². The number of amides is 3. The molecule has 0 saturated carbocycles. The predicted octanol–water partition coefficient (Wildman–Crippen LogP) is 3.24. The van der Waals surface area contributed by atoms with Crippen LogP contribution in [0.3, 0.4) is 0 Å². The fourth-order valence-electron chi connectivity index (χ4n) is 6.86. The summed E-state index contributed by atoms with van der Waals surface area (Å²) in [6, 6.07) is 8.69. The summed E-state index contributed by atoms with van der Waals surface area (Å²) in [4.78, 5) is 48.3. The highest BCUT2D eigenvalue weighted by Gasteiger charge is 2.74. The zero-order valence-corrected chi connectivity index (χ0v) is 23.4. The van der Waals surface area contributed by atoms with Crippen LogP contribution in [0.15, 0.2) is 54.6 Å². The molecule has 1 aromatic rings. The minimum Gasteiger partial charge on any atom is -0.394 e. The van der Waals surface area contributed by atoms with Crippen LogP contribution >= 0.6 is 11.8 Å². The third kappa shape index (κ3) is 4.20. The lowest BCUT2D eigenvalue weighted by Crippen LogP contribution is -2.56. The SMILES string of the molecule is CCCCN1CC=C[C@]23S[C@@]4(C)C=CCN(Cc5ccccc5)C(=O)[C@H]4[C@H]2C(=O)N([C@@H](CC)CO)C3C1=O. The summed E-state index contributed by atoms with van der Waals surface area (Å²) < 4.78 is -1.50. The minimum atomic E-state index is -0.868. The Kier molecular flexibility index (Phi) is 7.48. The first kappa shape index (κ1) is 27.0. The van der Waals surface area contributed by atoms with E-state index in [1.54, 1.807) is 16.7 Å². The molecule has 0 radical (unpaired) electrons. The van der Waals surface area contributed by atoms with E-state index in [-0.39, 0.29) is 24.3 Å². The van der Waals surface area contributed by atoms with Gasteiger partial charge in [0.1, 0.15) is 6.04 Å². The summed E-state index contributed by atoms with van der Waals surface area (Å²) >= 11 is 1.60. The van der Waals surface area contributed by atoms with Crippen LogP contribution in [0, 0.1) is 11.8 Å². The van der Waals surface area contributed by atoms with Crippen LogP contribution in [0.2, 0.25) is 0 Å². The topological polar surface area (TPSA) is 81.2 Å². The van der Waals surface area contributed by atoms with Gasteiger partial charge in [-0.25, -0.2) is 0 Å². The number of aliphatic hydroxyl groups excluding tert-OH is 1. The zero-order valence-electron chi connectivity index (χ0n) is 22.6. The van der Waals surface area contributed by atoms with Crippen LogP contribution in [-0.4, -0.2) is 85.3 Å². The number of carbonyl (C=O) groups is 3. The molecule has 3 amide bonds. The molecule has 1 unspecified atom stereocenters. The summed E-state index contributed by atoms with van der Waals surface area (Å²) in [7, 11) is 0. The van der Waals surface area contributed by atoms with Gasteiger partial charge < -0.3 is 19.8 Å². The van der Waals surface area contributed by atoms with Crippen LogP contribution in [0.5, 0.6) is 0 Å². The Hall–Kier alpha value is -2.58. The monoisotopic (exact) mass is 537 g/mol. The smallest absolute Gasteiger partial charge is 0.247 e. The van der Waals surface area contributed by atoms with Gasteiger partial charge in [-0.15, -0.1) is 11.8 Å². The van der Waals surface area contributed by atoms with Gasteiger partial charge in [0, 0.05) is 30.9 Å². The van der Waals surface area contributed by atoms with Crippen molar-refractivity contribution >= 4 is 29.5 Å². The number of unbranched alkanes of at least 4 members (excludes halogenated alkanes) is 1. The Labute approximate surface area is 229 Å². The number of benzene rings is 1. The highest BCUT2D eigenvalue weighted by Crippen LogP contribution is 2.65. The van der Waals surface area contributed by atoms with Crippen molar-refractivity contribution in [3.8, 4) is 0 Å². The van der Waals surface area contributed by atoms with Crippen LogP contribution in [0.25, 0.3) is 0 Å². The van der Waals surface area contributed by atoms with Gasteiger partial charge >= 0.3 is 0 Å². The van der Waals surface area contributed by atoms with Crippen LogP contribution in [-0.2, 0) is 20.9 Å². The third-order valence-corrected chi connectivity index (χ3v) is 10.5. The average Bonchev–Trinajstić information content (AvgIpc) is 3.19. The Morgan fingerprint density at radius 2 is 1.68 bits per heavy atom. The Morgan fingerprint density at radius 1 is 0.974 bits per heavy atom. The Bertz CT molecular complexity index is 1140. The average molecular weight is 538 g/mol. The van der Waals surface area contributed by atoms with E-state index in [0.29, 0.717) is 32.6 Å². The minimum absolute atomic E-state index is 0.0466. The van der Waals surface area contributed by atoms with Crippen LogP contribution in [0.4, 0.5) is 0 Å². The van der Waals surface area contributed by atoms with Gasteiger partial charge in [-0.1, -0.05) is 74.9 Å². The van der Waals surface area contributed by atoms with Gasteiger partial charge in [-0.05, 0) is 25.3 Å². The number of hydrogen-bond donors (Lipinski definition) is 1. The van der Waals surface area contributed by atoms with Gasteiger partial charge in [0.15, 0.2) is 0 Å². The van der Waals surface area contributed by atoms with E-state index in [0.717, 1.165) is 18.4 Å². The molecule has 2 fully saturated rings. The molecule has 0 aromatic heterocycles. The molecule has 7 nitrogen and oxygen atoms in total. The lowest BCUT2D eigenvalue weighted by Gasteiger charge is -2.39. The van der Waals surface area contributed by atoms with Crippen molar-refractivity contribution in [3.63, 3.8) is 0 Å². The van der Waals surface area contributed by atoms with E-state index in [9.17, 15) is 19.5 Å². The van der Waals surface area contributed by atoms with E-state index >= 15 is 0 Å². The molecule has 8 heteroatoms. The molecule has 1 aromatic carbocycles. The standard InChI is InChI=1S/C30H39N3O4S/c1-4-6-16-31-17-11-15-30-24(27(36)33(22(5-2)20-34)25(30)28(31)37)23-26(35)32(18-10-14-29(23,3)38-30)19-21-12-8-7-9-13-21/h7-15,22-25,34H,4-6,16-20H2,1-3H3/t22-,23+,24-,25?,29-,30-/m0/s1. The summed E-state index contributed by atoms with van der Waals surface area (Å²) in [6.45, 7) is 7.93. The molecular formula is C30H39N3O4S. The fraction of sp³-hybridized carbons (Fsp3) is 0.567. The lowest BCUT2D eigenvalue weighted by atomic mass is 9.74. The maximum atomic E-state index is 14.4. The van der Waals surface area contributed by atoms with Crippen molar-refractivity contribution in [1.29, 1.82) is 0 Å². The predicted molar refractivity (Wildman–Crippen MR) is 149 cm³/mol. The zero-order chi connectivity index (χ0) is 27.1. The number of carbonyl (C=O) groups excluding carboxylic acids is 3. The van der Waals surface area contributed by atoms with Crippen molar-refractivity contribution in [2.45, 2.75) is 68.2 Å². The number of rotatable bonds is 8. The fourth-order valence-corrected chi connectivity index (χ4v) is 9.01. The Morgan fingerprint density at radius 3 is 2.37 bits per heavy atom. The molecule has 4 aliphatic rings. The van der Waals surface area contributed by atoms with E-state index in [4.69, 9.17) is 0 Å². The second kappa shape index (κ2) is 10.5. The van der Waals surface area contributed by atoms with E-state index in [1.165, 1.54) is 0 Å². The number of likely N-dealkylation sites (tertiary alicyclic amines) is 1. The molecule has 6 atom stereocenters. The highest BCUT2D eigenvalue weighted by molar-refractivity contribution is 8.02. The number of thioether (sulfide) groups is 1. The molecule has 2 saturated heterocycles. The molecule has 4 aliphatic heterocycles. The first-order valence-corrected chi connectivity index (χ1v) is 14.7. The lowest BCUT2D eigenvalue weighted by molar-refractivity contribution is -0.147. The molecule has 38 heavy (non-hydrogen) atoms. The van der Waals surface area contributed by atoms with Gasteiger partial charge in [0.25, 0.3) is 0 Å². The van der Waals surface area contributed by atoms with E-state index in [1.807, 2.05) is 66.1 Å². The van der Waals surface area contributed by atoms with Crippen molar-refractivity contribution in [3.05, 3.63) is 60.2 Å². The molecule has 1 N–H and O–H groups in total. The summed E-state index contributed by atoms with van der Waals surface area (Å²) in [6.07, 6.45) is 10.6. The van der Waals surface area contributed by atoms with Crippen molar-refractivity contribution in [2.24, 2.45) is 11.8 Å². The molecule has 1 spiro atoms. The quantitative estimate of drug-likeness (QED) is 0.515. The van der Waals surface area contributed by atoms with E-state index in [2.05, 4.69) is 19.1 Å². The summed E-state index contributed by atoms with van der Waals surface area (Å²) in [5, 5.41) is 10.3. The molecular weight excluding hydrogens is 498 g/mol. The normalized spacial score (nSPS) is 33.2. The largest absolute Gasteiger partial charge is 0.394 e. The molecule has 4 heterocycles. The molecule has 204 valence electrons. The summed E-state index contributed by atoms with van der Waals surface area (Å²) in [5.74, 6) is -1.59. The van der Waals surface area contributed by atoms with Crippen molar-refractivity contribution < 1.29 is 19.5 Å². The maximum absolute atomic E-state index is 14.4. The van der Waals surface area contributed by atoms with E-state index < -0.39 is 33.4 Å². The number of nitrogens with zero attached hydrogens (tertiary/aromatic N) is 3. The maximum Gasteiger partial charge on any atom is 0.247 e. The number of aliphatic hydroxyl groups is 1. The van der Waals surface area contributed by atoms with Gasteiger partial charge in [-0.2, -0.15) is 0 Å². The van der Waals surface area contributed by atoms with Gasteiger partial charge in [0.2, 0.25) is 17.7 Å². The molecule has 0 aliphatic carbocycles. The third-order valence-electron chi connectivity index (χ3n) is 8.73. The van der Waals surface area contributed by atoms with Gasteiger partial charge in [-0.3, -0.25) is 14.4 Å². The highest BCUT2D eigenvalue weighted by atomic mass is 32.2. The van der Waals surface area contributed by atoms with Crippen molar-refractivity contribution in [1.82, 2.24) is 14.7 Å². The molecule has 0 bridgehead atoms. The number of hydrogen-bond acceptors (Lipinski definition) is 5. The van der Waals surface area contributed by atoms with Crippen LogP contribution in [0.1, 0.15) is 45.6 Å². The van der Waals surface area contributed by atoms with Crippen molar-refractivity contribution in [2.75, 3.05) is 26.2 Å². The first-order chi connectivity index (χ1) is 18.3. The summed E-state index contributed by atoms with van der Waals surface area (Å²) in [5.41, 5.74) is 1.04. The Balaban J connectivity index is 1.59. The molecule has 5 rings (SSSR count). The second-order valence-electron chi connectivity index (χ2n) is 11.1. The number of fused-ring (bicyclic) bond motifs is 2. The first-order valence-electron chi connectivity index (χ1n) is 13.9. The van der Waals surface area contributed by atoms with Gasteiger partial charge in [0.05, 0.1) is 29.2 Å².